The number of hydrogen-bond acceptors (Lipinski definition) is 4. The second-order valence-electron chi connectivity index (χ2n) is 5.38. The summed E-state index contributed by atoms with van der Waals surface area (Å²) in [6, 6.07) is 7.98. The molecule has 1 unspecified atom stereocenters. The first-order valence-corrected chi connectivity index (χ1v) is 6.73. The number of benzene rings is 1. The number of ether oxygens (including phenoxy) is 1. The van der Waals surface area contributed by atoms with Crippen molar-refractivity contribution in [1.29, 1.82) is 0 Å². The molecule has 4 nitrogen and oxygen atoms in total. The lowest BCUT2D eigenvalue weighted by atomic mass is 10.1. The molecule has 0 spiro atoms. The molecule has 0 aliphatic rings. The van der Waals surface area contributed by atoms with Crippen LogP contribution in [0.5, 0.6) is 5.75 Å². The van der Waals surface area contributed by atoms with Gasteiger partial charge in [0.05, 0.1) is 12.2 Å². The van der Waals surface area contributed by atoms with Crippen molar-refractivity contribution in [1.82, 2.24) is 10.2 Å². The number of para-hydroxylation sites is 1. The summed E-state index contributed by atoms with van der Waals surface area (Å²) in [6.07, 6.45) is 0. The van der Waals surface area contributed by atoms with E-state index in [0.717, 1.165) is 11.3 Å². The van der Waals surface area contributed by atoms with Gasteiger partial charge in [0.25, 0.3) is 0 Å². The molecule has 4 heteroatoms. The van der Waals surface area contributed by atoms with Gasteiger partial charge in [0.1, 0.15) is 5.75 Å². The maximum atomic E-state index is 10.2. The zero-order valence-corrected chi connectivity index (χ0v) is 12.4. The molecule has 0 saturated carbocycles. The molecule has 0 aliphatic heterocycles. The monoisotopic (exact) mass is 266 g/mol. The van der Waals surface area contributed by atoms with E-state index in [1.807, 2.05) is 57.1 Å². The van der Waals surface area contributed by atoms with Crippen LogP contribution in [0.1, 0.15) is 19.4 Å². The molecule has 1 rings (SSSR count). The van der Waals surface area contributed by atoms with Crippen molar-refractivity contribution in [2.24, 2.45) is 0 Å². The van der Waals surface area contributed by atoms with Crippen molar-refractivity contribution >= 4 is 0 Å². The van der Waals surface area contributed by atoms with Gasteiger partial charge in [-0.15, -0.1) is 0 Å². The largest absolute Gasteiger partial charge is 0.494 e. The van der Waals surface area contributed by atoms with Crippen molar-refractivity contribution in [3.63, 3.8) is 0 Å². The van der Waals surface area contributed by atoms with E-state index in [4.69, 9.17) is 4.74 Å². The molecule has 0 heterocycles. The van der Waals surface area contributed by atoms with Gasteiger partial charge in [0.2, 0.25) is 0 Å². The van der Waals surface area contributed by atoms with Crippen molar-refractivity contribution in [3.8, 4) is 5.75 Å². The number of hydrogen-bond donors (Lipinski definition) is 2. The first kappa shape index (κ1) is 16.0. The van der Waals surface area contributed by atoms with Gasteiger partial charge >= 0.3 is 0 Å². The van der Waals surface area contributed by atoms with E-state index in [1.54, 1.807) is 0 Å². The molecular weight excluding hydrogens is 240 g/mol. The van der Waals surface area contributed by atoms with Gasteiger partial charge in [-0.3, -0.25) is 0 Å². The molecule has 0 fully saturated rings. The number of aliphatic hydroxyl groups is 1. The molecule has 19 heavy (non-hydrogen) atoms. The minimum absolute atomic E-state index is 0.547. The number of nitrogens with zero attached hydrogens (tertiary/aromatic N) is 1. The van der Waals surface area contributed by atoms with Crippen LogP contribution in [0.15, 0.2) is 24.3 Å². The molecule has 0 bridgehead atoms. The van der Waals surface area contributed by atoms with Crippen LogP contribution in [0.2, 0.25) is 0 Å². The highest BCUT2D eigenvalue weighted by Gasteiger charge is 2.20. The summed E-state index contributed by atoms with van der Waals surface area (Å²) in [5.41, 5.74) is 0.384. The van der Waals surface area contributed by atoms with Gasteiger partial charge < -0.3 is 20.1 Å². The molecule has 0 radical (unpaired) electrons. The van der Waals surface area contributed by atoms with E-state index in [0.29, 0.717) is 26.2 Å². The first-order chi connectivity index (χ1) is 8.94. The molecule has 1 aromatic rings. The lowest BCUT2D eigenvalue weighted by Crippen LogP contribution is -2.45. The maximum Gasteiger partial charge on any atom is 0.123 e. The summed E-state index contributed by atoms with van der Waals surface area (Å²) >= 11 is 0. The fourth-order valence-electron chi connectivity index (χ4n) is 2.15. The SMILES string of the molecule is CCOc1ccccc1CNCC(C)(O)CN(C)C. The number of nitrogens with one attached hydrogen (secondary N) is 1. The predicted octanol–water partition coefficient (Wildman–Crippen LogP) is 1.49. The first-order valence-electron chi connectivity index (χ1n) is 6.73. The van der Waals surface area contributed by atoms with E-state index in [2.05, 4.69) is 5.32 Å². The summed E-state index contributed by atoms with van der Waals surface area (Å²) in [4.78, 5) is 1.98. The van der Waals surface area contributed by atoms with Crippen LogP contribution in [-0.4, -0.2) is 49.4 Å². The van der Waals surface area contributed by atoms with Crippen LogP contribution >= 0.6 is 0 Å². The fraction of sp³-hybridized carbons (Fsp3) is 0.600. The molecule has 0 aliphatic carbocycles. The topological polar surface area (TPSA) is 44.7 Å². The highest BCUT2D eigenvalue weighted by Crippen LogP contribution is 2.17. The molecule has 0 amide bonds. The molecule has 0 aromatic heterocycles. The van der Waals surface area contributed by atoms with Crippen molar-refractivity contribution in [2.75, 3.05) is 33.8 Å². The minimum atomic E-state index is -0.732. The summed E-state index contributed by atoms with van der Waals surface area (Å²) in [5.74, 6) is 0.907. The van der Waals surface area contributed by atoms with Crippen LogP contribution in [0.3, 0.4) is 0 Å². The van der Waals surface area contributed by atoms with Crippen LogP contribution in [0, 0.1) is 0 Å². The highest BCUT2D eigenvalue weighted by atomic mass is 16.5. The second-order valence-corrected chi connectivity index (χ2v) is 5.38. The van der Waals surface area contributed by atoms with Gasteiger partial charge in [-0.1, -0.05) is 18.2 Å². The van der Waals surface area contributed by atoms with E-state index >= 15 is 0 Å². The average molecular weight is 266 g/mol. The number of rotatable bonds is 8. The quantitative estimate of drug-likeness (QED) is 0.748. The average Bonchev–Trinajstić information content (AvgIpc) is 2.29. The summed E-state index contributed by atoms with van der Waals surface area (Å²) < 4.78 is 5.57. The van der Waals surface area contributed by atoms with Gasteiger partial charge in [-0.25, -0.2) is 0 Å². The van der Waals surface area contributed by atoms with E-state index in [1.165, 1.54) is 0 Å². The molecule has 1 atom stereocenters. The Bertz CT molecular complexity index is 378. The maximum absolute atomic E-state index is 10.2. The Hall–Kier alpha value is -1.10. The Morgan fingerprint density at radius 3 is 2.63 bits per heavy atom. The standard InChI is InChI=1S/C15H26N2O2/c1-5-19-14-9-7-6-8-13(14)10-16-11-15(2,18)12-17(3)4/h6-9,16,18H,5,10-12H2,1-4H3. The molecule has 108 valence electrons. The Morgan fingerprint density at radius 2 is 2.00 bits per heavy atom. The van der Waals surface area contributed by atoms with Crippen LogP contribution in [0.25, 0.3) is 0 Å². The Kier molecular flexibility index (Phi) is 6.28. The Labute approximate surface area is 116 Å². The third-order valence-corrected chi connectivity index (χ3v) is 2.75. The minimum Gasteiger partial charge on any atom is -0.494 e. The van der Waals surface area contributed by atoms with E-state index < -0.39 is 5.60 Å². The van der Waals surface area contributed by atoms with Gasteiger partial charge in [0.15, 0.2) is 0 Å². The molecule has 0 saturated heterocycles. The Balaban J connectivity index is 2.49. The third kappa shape index (κ3) is 6.05. The molecule has 1 aromatic carbocycles. The normalized spacial score (nSPS) is 14.4. The van der Waals surface area contributed by atoms with Crippen molar-refractivity contribution < 1.29 is 9.84 Å². The zero-order chi connectivity index (χ0) is 14.3. The van der Waals surface area contributed by atoms with Crippen LogP contribution in [0.4, 0.5) is 0 Å². The predicted molar refractivity (Wildman–Crippen MR) is 78.5 cm³/mol. The van der Waals surface area contributed by atoms with Crippen molar-refractivity contribution in [3.05, 3.63) is 29.8 Å². The third-order valence-electron chi connectivity index (χ3n) is 2.75. The lowest BCUT2D eigenvalue weighted by molar-refractivity contribution is 0.0335. The van der Waals surface area contributed by atoms with Gasteiger partial charge in [0, 0.05) is 25.2 Å². The van der Waals surface area contributed by atoms with E-state index in [-0.39, 0.29) is 0 Å². The second kappa shape index (κ2) is 7.48. The summed E-state index contributed by atoms with van der Waals surface area (Å²) in [5, 5.41) is 13.5. The molecular formula is C15H26N2O2. The van der Waals surface area contributed by atoms with E-state index in [9.17, 15) is 5.11 Å². The number of likely N-dealkylation sites (N-methyl/N-ethyl adjacent to an activating group) is 1. The summed E-state index contributed by atoms with van der Waals surface area (Å²) in [6.45, 7) is 6.36. The molecule has 2 N–H and O–H groups in total. The smallest absolute Gasteiger partial charge is 0.123 e. The lowest BCUT2D eigenvalue weighted by Gasteiger charge is -2.27. The Morgan fingerprint density at radius 1 is 1.32 bits per heavy atom. The van der Waals surface area contributed by atoms with Crippen LogP contribution in [-0.2, 0) is 6.54 Å². The van der Waals surface area contributed by atoms with Gasteiger partial charge in [-0.05, 0) is 34.0 Å². The van der Waals surface area contributed by atoms with Crippen LogP contribution < -0.4 is 10.1 Å². The summed E-state index contributed by atoms with van der Waals surface area (Å²) in [7, 11) is 3.91. The zero-order valence-electron chi connectivity index (χ0n) is 12.4. The highest BCUT2D eigenvalue weighted by molar-refractivity contribution is 5.33. The fourth-order valence-corrected chi connectivity index (χ4v) is 2.15. The van der Waals surface area contributed by atoms with Crippen molar-refractivity contribution in [2.45, 2.75) is 26.0 Å². The van der Waals surface area contributed by atoms with Gasteiger partial charge in [-0.2, -0.15) is 0 Å².